The molecule has 1 amide bonds. The number of anilines is 1. The predicted octanol–water partition coefficient (Wildman–Crippen LogP) is 5.29. The lowest BCUT2D eigenvalue weighted by atomic mass is 10.1. The van der Waals surface area contributed by atoms with Crippen molar-refractivity contribution in [2.75, 3.05) is 5.32 Å². The van der Waals surface area contributed by atoms with Crippen molar-refractivity contribution in [3.05, 3.63) is 77.8 Å². The van der Waals surface area contributed by atoms with Crippen LogP contribution < -0.4 is 5.32 Å². The van der Waals surface area contributed by atoms with E-state index in [0.29, 0.717) is 5.58 Å². The number of benzene rings is 3. The van der Waals surface area contributed by atoms with Gasteiger partial charge >= 0.3 is 0 Å². The highest BCUT2D eigenvalue weighted by Gasteiger charge is 2.19. The molecular weight excluding hydrogens is 305 g/mol. The highest BCUT2D eigenvalue weighted by Crippen LogP contribution is 2.32. The summed E-state index contributed by atoms with van der Waals surface area (Å²) >= 11 is 0. The Balaban J connectivity index is 1.82. The molecule has 3 nitrogen and oxygen atoms in total. The van der Waals surface area contributed by atoms with Gasteiger partial charge in [0.25, 0.3) is 5.91 Å². The maximum Gasteiger partial charge on any atom is 0.291 e. The maximum absolute atomic E-state index is 13.7. The van der Waals surface area contributed by atoms with Crippen molar-refractivity contribution in [3.63, 3.8) is 0 Å². The maximum atomic E-state index is 13.7. The Morgan fingerprint density at radius 3 is 2.54 bits per heavy atom. The minimum Gasteiger partial charge on any atom is -0.450 e. The van der Waals surface area contributed by atoms with Crippen LogP contribution in [0.15, 0.2) is 65.1 Å². The Bertz CT molecular complexity index is 1080. The van der Waals surface area contributed by atoms with Gasteiger partial charge in [-0.3, -0.25) is 4.79 Å². The van der Waals surface area contributed by atoms with Gasteiger partial charge in [-0.25, -0.2) is 4.39 Å². The molecule has 0 bridgehead atoms. The Morgan fingerprint density at radius 2 is 1.71 bits per heavy atom. The van der Waals surface area contributed by atoms with Crippen LogP contribution in [0.25, 0.3) is 21.7 Å². The van der Waals surface area contributed by atoms with E-state index in [9.17, 15) is 9.18 Å². The van der Waals surface area contributed by atoms with Crippen molar-refractivity contribution < 1.29 is 13.6 Å². The van der Waals surface area contributed by atoms with Gasteiger partial charge in [0, 0.05) is 16.3 Å². The molecule has 24 heavy (non-hydrogen) atoms. The molecule has 0 radical (unpaired) electrons. The lowest BCUT2D eigenvalue weighted by Crippen LogP contribution is -2.13. The van der Waals surface area contributed by atoms with Crippen LogP contribution in [0.1, 0.15) is 16.1 Å². The third-order valence-corrected chi connectivity index (χ3v) is 4.16. The molecule has 0 atom stereocenters. The van der Waals surface area contributed by atoms with Crippen LogP contribution in [0.4, 0.5) is 10.1 Å². The number of hydrogen-bond donors (Lipinski definition) is 1. The third kappa shape index (κ3) is 2.24. The van der Waals surface area contributed by atoms with Gasteiger partial charge in [-0.2, -0.15) is 0 Å². The lowest BCUT2D eigenvalue weighted by Gasteiger charge is -2.04. The van der Waals surface area contributed by atoms with Crippen LogP contribution in [0.5, 0.6) is 0 Å². The second kappa shape index (κ2) is 5.49. The molecule has 4 aromatic rings. The van der Waals surface area contributed by atoms with Gasteiger partial charge in [0.1, 0.15) is 11.4 Å². The molecule has 0 aliphatic heterocycles. The standard InChI is InChI=1S/C20H14FNO2/c1-12-14-11-10-13-6-2-3-7-15(13)19(14)24-18(12)20(23)22-17-9-5-4-8-16(17)21/h2-11H,1H3,(H,22,23). The number of hydrogen-bond acceptors (Lipinski definition) is 2. The summed E-state index contributed by atoms with van der Waals surface area (Å²) in [5.74, 6) is -0.743. The molecule has 0 saturated carbocycles. The van der Waals surface area contributed by atoms with Crippen LogP contribution in [-0.4, -0.2) is 5.91 Å². The number of para-hydroxylation sites is 1. The van der Waals surface area contributed by atoms with Crippen molar-refractivity contribution in [2.24, 2.45) is 0 Å². The molecular formula is C20H14FNO2. The van der Waals surface area contributed by atoms with Crippen LogP contribution in [0.3, 0.4) is 0 Å². The molecule has 4 rings (SSSR count). The summed E-state index contributed by atoms with van der Waals surface area (Å²) in [4.78, 5) is 12.5. The average Bonchev–Trinajstić information content (AvgIpc) is 2.94. The van der Waals surface area contributed by atoms with Crippen LogP contribution >= 0.6 is 0 Å². The largest absolute Gasteiger partial charge is 0.450 e. The van der Waals surface area contributed by atoms with Crippen molar-refractivity contribution in [2.45, 2.75) is 6.92 Å². The first kappa shape index (κ1) is 14.5. The molecule has 1 N–H and O–H groups in total. The SMILES string of the molecule is Cc1c(C(=O)Nc2ccccc2F)oc2c1ccc1ccccc12. The zero-order valence-electron chi connectivity index (χ0n) is 13.0. The molecule has 0 saturated heterocycles. The normalized spacial score (nSPS) is 11.1. The second-order valence-corrected chi connectivity index (χ2v) is 5.65. The molecule has 0 aliphatic carbocycles. The molecule has 4 heteroatoms. The average molecular weight is 319 g/mol. The molecule has 118 valence electrons. The summed E-state index contributed by atoms with van der Waals surface area (Å²) < 4.78 is 19.6. The minimum absolute atomic E-state index is 0.132. The number of carbonyl (C=O) groups excluding carboxylic acids is 1. The molecule has 0 spiro atoms. The predicted molar refractivity (Wildman–Crippen MR) is 92.8 cm³/mol. The van der Waals surface area contributed by atoms with Gasteiger partial charge < -0.3 is 9.73 Å². The summed E-state index contributed by atoms with van der Waals surface area (Å²) in [5.41, 5.74) is 1.54. The van der Waals surface area contributed by atoms with E-state index in [1.807, 2.05) is 43.3 Å². The summed E-state index contributed by atoms with van der Waals surface area (Å²) in [6, 6.07) is 17.8. The fraction of sp³-hybridized carbons (Fsp3) is 0.0500. The van der Waals surface area contributed by atoms with E-state index in [1.165, 1.54) is 12.1 Å². The first-order chi connectivity index (χ1) is 11.6. The van der Waals surface area contributed by atoms with Crippen LogP contribution in [0.2, 0.25) is 0 Å². The van der Waals surface area contributed by atoms with Crippen LogP contribution in [0, 0.1) is 12.7 Å². The van der Waals surface area contributed by atoms with Gasteiger partial charge in [0.2, 0.25) is 0 Å². The van der Waals surface area contributed by atoms with Gasteiger partial charge in [0.15, 0.2) is 5.76 Å². The number of furan rings is 1. The number of amides is 1. The van der Waals surface area contributed by atoms with E-state index in [-0.39, 0.29) is 11.4 Å². The summed E-state index contributed by atoms with van der Waals surface area (Å²) in [7, 11) is 0. The first-order valence-electron chi connectivity index (χ1n) is 7.62. The summed E-state index contributed by atoms with van der Waals surface area (Å²) in [6.07, 6.45) is 0. The quantitative estimate of drug-likeness (QED) is 0.546. The Labute approximate surface area is 137 Å². The molecule has 0 unspecified atom stereocenters. The number of rotatable bonds is 2. The van der Waals surface area contributed by atoms with Crippen molar-refractivity contribution in [3.8, 4) is 0 Å². The number of nitrogens with one attached hydrogen (secondary N) is 1. The smallest absolute Gasteiger partial charge is 0.291 e. The van der Waals surface area contributed by atoms with E-state index >= 15 is 0 Å². The van der Waals surface area contributed by atoms with Gasteiger partial charge in [0.05, 0.1) is 5.69 Å². The molecule has 1 heterocycles. The van der Waals surface area contributed by atoms with E-state index in [1.54, 1.807) is 12.1 Å². The van der Waals surface area contributed by atoms with E-state index in [4.69, 9.17) is 4.42 Å². The molecule has 0 fully saturated rings. The van der Waals surface area contributed by atoms with Gasteiger partial charge in [-0.15, -0.1) is 0 Å². The number of fused-ring (bicyclic) bond motifs is 3. The summed E-state index contributed by atoms with van der Waals surface area (Å²) in [6.45, 7) is 1.83. The van der Waals surface area contributed by atoms with Gasteiger partial charge in [-0.1, -0.05) is 48.5 Å². The number of halogens is 1. The van der Waals surface area contributed by atoms with E-state index < -0.39 is 11.7 Å². The fourth-order valence-electron chi connectivity index (χ4n) is 2.91. The van der Waals surface area contributed by atoms with Crippen molar-refractivity contribution in [1.82, 2.24) is 0 Å². The van der Waals surface area contributed by atoms with E-state index in [0.717, 1.165) is 21.7 Å². The Hall–Kier alpha value is -3.14. The zero-order chi connectivity index (χ0) is 16.7. The number of aryl methyl sites for hydroxylation is 1. The summed E-state index contributed by atoms with van der Waals surface area (Å²) in [5, 5.41) is 5.44. The fourth-order valence-corrected chi connectivity index (χ4v) is 2.91. The minimum atomic E-state index is -0.481. The number of carbonyl (C=O) groups is 1. The lowest BCUT2D eigenvalue weighted by molar-refractivity contribution is 0.0997. The Kier molecular flexibility index (Phi) is 3.31. The zero-order valence-corrected chi connectivity index (χ0v) is 13.0. The van der Waals surface area contributed by atoms with Crippen LogP contribution in [-0.2, 0) is 0 Å². The van der Waals surface area contributed by atoms with Crippen molar-refractivity contribution in [1.29, 1.82) is 0 Å². The first-order valence-corrected chi connectivity index (χ1v) is 7.62. The molecule has 1 aromatic heterocycles. The Morgan fingerprint density at radius 1 is 0.958 bits per heavy atom. The topological polar surface area (TPSA) is 42.2 Å². The monoisotopic (exact) mass is 319 g/mol. The molecule has 3 aromatic carbocycles. The van der Waals surface area contributed by atoms with E-state index in [2.05, 4.69) is 5.32 Å². The highest BCUT2D eigenvalue weighted by molar-refractivity contribution is 6.11. The third-order valence-electron chi connectivity index (χ3n) is 4.16. The molecule has 0 aliphatic rings. The second-order valence-electron chi connectivity index (χ2n) is 5.65. The highest BCUT2D eigenvalue weighted by atomic mass is 19.1. The van der Waals surface area contributed by atoms with Crippen molar-refractivity contribution >= 4 is 33.3 Å². The van der Waals surface area contributed by atoms with Gasteiger partial charge in [-0.05, 0) is 24.4 Å².